The highest BCUT2D eigenvalue weighted by atomic mass is 16.1. The van der Waals surface area contributed by atoms with E-state index in [0.717, 1.165) is 22.4 Å². The van der Waals surface area contributed by atoms with Crippen LogP contribution in [0.3, 0.4) is 0 Å². The van der Waals surface area contributed by atoms with E-state index in [4.69, 9.17) is 5.73 Å². The molecule has 2 aromatic rings. The maximum Gasteiger partial charge on any atom is 0.257 e. The van der Waals surface area contributed by atoms with Crippen LogP contribution in [0.1, 0.15) is 27.0 Å². The first kappa shape index (κ1) is 13.1. The molecule has 3 heteroatoms. The van der Waals surface area contributed by atoms with Gasteiger partial charge in [-0.2, -0.15) is 0 Å². The molecule has 98 valence electrons. The summed E-state index contributed by atoms with van der Waals surface area (Å²) in [7, 11) is 0. The van der Waals surface area contributed by atoms with Crippen LogP contribution < -0.4 is 11.1 Å². The zero-order valence-corrected chi connectivity index (χ0v) is 11.4. The summed E-state index contributed by atoms with van der Waals surface area (Å²) >= 11 is 0. The molecule has 1 amide bonds. The van der Waals surface area contributed by atoms with Crippen molar-refractivity contribution in [3.05, 3.63) is 58.7 Å². The molecule has 3 nitrogen and oxygen atoms in total. The lowest BCUT2D eigenvalue weighted by molar-refractivity contribution is 0.102. The zero-order valence-electron chi connectivity index (χ0n) is 11.4. The Morgan fingerprint density at radius 2 is 1.63 bits per heavy atom. The number of hydrogen-bond donors (Lipinski definition) is 2. The van der Waals surface area contributed by atoms with E-state index in [-0.39, 0.29) is 5.91 Å². The van der Waals surface area contributed by atoms with Gasteiger partial charge >= 0.3 is 0 Å². The molecule has 0 bridgehead atoms. The van der Waals surface area contributed by atoms with Gasteiger partial charge in [-0.1, -0.05) is 24.3 Å². The van der Waals surface area contributed by atoms with E-state index < -0.39 is 0 Å². The number of benzene rings is 2. The van der Waals surface area contributed by atoms with Gasteiger partial charge in [0.2, 0.25) is 0 Å². The van der Waals surface area contributed by atoms with Gasteiger partial charge in [0, 0.05) is 11.4 Å². The summed E-state index contributed by atoms with van der Waals surface area (Å²) in [6, 6.07) is 11.3. The maximum absolute atomic E-state index is 12.3. The minimum absolute atomic E-state index is 0.171. The molecule has 0 aromatic heterocycles. The first-order valence-electron chi connectivity index (χ1n) is 6.23. The summed E-state index contributed by atoms with van der Waals surface area (Å²) in [5.41, 5.74) is 10.9. The highest BCUT2D eigenvalue weighted by molar-refractivity contribution is 6.08. The summed E-state index contributed by atoms with van der Waals surface area (Å²) in [4.78, 5) is 12.3. The molecule has 2 aromatic carbocycles. The molecule has 0 spiro atoms. The summed E-state index contributed by atoms with van der Waals surface area (Å²) < 4.78 is 0. The van der Waals surface area contributed by atoms with E-state index in [1.54, 1.807) is 6.07 Å². The van der Waals surface area contributed by atoms with Crippen LogP contribution in [0.25, 0.3) is 0 Å². The summed E-state index contributed by atoms with van der Waals surface area (Å²) in [6.07, 6.45) is 0. The summed E-state index contributed by atoms with van der Waals surface area (Å²) in [6.45, 7) is 5.90. The predicted octanol–water partition coefficient (Wildman–Crippen LogP) is 3.45. The number of carbonyl (C=O) groups excluding carboxylic acids is 1. The van der Waals surface area contributed by atoms with E-state index in [1.165, 1.54) is 0 Å². The minimum atomic E-state index is -0.171. The van der Waals surface area contributed by atoms with Crippen molar-refractivity contribution in [3.8, 4) is 0 Å². The van der Waals surface area contributed by atoms with E-state index >= 15 is 0 Å². The number of hydrogen-bond acceptors (Lipinski definition) is 2. The number of rotatable bonds is 2. The number of anilines is 2. The van der Waals surface area contributed by atoms with E-state index in [1.807, 2.05) is 51.1 Å². The van der Waals surface area contributed by atoms with Crippen LogP contribution in [0.4, 0.5) is 11.4 Å². The van der Waals surface area contributed by atoms with Crippen molar-refractivity contribution in [1.29, 1.82) is 0 Å². The molecule has 2 rings (SSSR count). The van der Waals surface area contributed by atoms with Crippen molar-refractivity contribution in [1.82, 2.24) is 0 Å². The third-order valence-electron chi connectivity index (χ3n) is 3.42. The van der Waals surface area contributed by atoms with Crippen LogP contribution in [-0.4, -0.2) is 5.91 Å². The highest BCUT2D eigenvalue weighted by Gasteiger charge is 2.12. The summed E-state index contributed by atoms with van der Waals surface area (Å²) in [5, 5.41) is 2.92. The molecule has 0 aliphatic carbocycles. The van der Waals surface area contributed by atoms with E-state index in [0.29, 0.717) is 11.3 Å². The van der Waals surface area contributed by atoms with Crippen molar-refractivity contribution >= 4 is 17.3 Å². The molecule has 0 aliphatic heterocycles. The zero-order chi connectivity index (χ0) is 14.0. The second-order valence-corrected chi connectivity index (χ2v) is 4.74. The lowest BCUT2D eigenvalue weighted by atomic mass is 10.1. The fraction of sp³-hybridized carbons (Fsp3) is 0.188. The Balaban J connectivity index is 2.31. The molecule has 19 heavy (non-hydrogen) atoms. The SMILES string of the molecule is Cc1cccc(NC(=O)c2cccc(C)c2N)c1C. The molecule has 0 saturated heterocycles. The van der Waals surface area contributed by atoms with Crippen LogP contribution in [0.5, 0.6) is 0 Å². The van der Waals surface area contributed by atoms with Gasteiger partial charge in [0.05, 0.1) is 5.56 Å². The van der Waals surface area contributed by atoms with Crippen molar-refractivity contribution in [2.24, 2.45) is 0 Å². The van der Waals surface area contributed by atoms with Crippen LogP contribution in [-0.2, 0) is 0 Å². The Morgan fingerprint density at radius 3 is 2.37 bits per heavy atom. The third-order valence-corrected chi connectivity index (χ3v) is 3.42. The van der Waals surface area contributed by atoms with Gasteiger partial charge in [0.15, 0.2) is 0 Å². The first-order valence-corrected chi connectivity index (χ1v) is 6.23. The highest BCUT2D eigenvalue weighted by Crippen LogP contribution is 2.21. The smallest absolute Gasteiger partial charge is 0.257 e. The average Bonchev–Trinajstić information content (AvgIpc) is 2.38. The third kappa shape index (κ3) is 2.60. The van der Waals surface area contributed by atoms with Crippen molar-refractivity contribution in [2.75, 3.05) is 11.1 Å². The van der Waals surface area contributed by atoms with Gasteiger partial charge < -0.3 is 11.1 Å². The van der Waals surface area contributed by atoms with Gasteiger partial charge in [-0.3, -0.25) is 4.79 Å². The second kappa shape index (κ2) is 5.14. The van der Waals surface area contributed by atoms with Crippen LogP contribution in [0.15, 0.2) is 36.4 Å². The van der Waals surface area contributed by atoms with Crippen LogP contribution in [0, 0.1) is 20.8 Å². The number of aryl methyl sites for hydroxylation is 2. The van der Waals surface area contributed by atoms with Crippen molar-refractivity contribution in [2.45, 2.75) is 20.8 Å². The molecule has 0 heterocycles. The van der Waals surface area contributed by atoms with Crippen LogP contribution in [0.2, 0.25) is 0 Å². The average molecular weight is 254 g/mol. The quantitative estimate of drug-likeness (QED) is 0.806. The Labute approximate surface area is 113 Å². The Kier molecular flexibility index (Phi) is 3.56. The molecule has 3 N–H and O–H groups in total. The molecular weight excluding hydrogens is 236 g/mol. The standard InChI is InChI=1S/C16H18N2O/c1-10-6-5-9-14(12(10)3)18-16(19)13-8-4-7-11(2)15(13)17/h4-9H,17H2,1-3H3,(H,18,19). The fourth-order valence-electron chi connectivity index (χ4n) is 1.95. The maximum atomic E-state index is 12.3. The number of nitrogen functional groups attached to an aromatic ring is 1. The minimum Gasteiger partial charge on any atom is -0.398 e. The first-order chi connectivity index (χ1) is 9.00. The van der Waals surface area contributed by atoms with Crippen molar-refractivity contribution in [3.63, 3.8) is 0 Å². The number of carbonyl (C=O) groups is 1. The number of nitrogens with two attached hydrogens (primary N) is 1. The van der Waals surface area contributed by atoms with Gasteiger partial charge in [0.25, 0.3) is 5.91 Å². The second-order valence-electron chi connectivity index (χ2n) is 4.74. The molecule has 0 atom stereocenters. The van der Waals surface area contributed by atoms with E-state index in [2.05, 4.69) is 5.32 Å². The Bertz CT molecular complexity index is 633. The van der Waals surface area contributed by atoms with Crippen LogP contribution >= 0.6 is 0 Å². The van der Waals surface area contributed by atoms with E-state index in [9.17, 15) is 4.79 Å². The lowest BCUT2D eigenvalue weighted by Crippen LogP contribution is -2.15. The molecular formula is C16H18N2O. The van der Waals surface area contributed by atoms with Crippen molar-refractivity contribution < 1.29 is 4.79 Å². The summed E-state index contributed by atoms with van der Waals surface area (Å²) in [5.74, 6) is -0.171. The molecule has 0 fully saturated rings. The largest absolute Gasteiger partial charge is 0.398 e. The van der Waals surface area contributed by atoms with Gasteiger partial charge in [0.1, 0.15) is 0 Å². The molecule has 0 radical (unpaired) electrons. The monoisotopic (exact) mass is 254 g/mol. The van der Waals surface area contributed by atoms with Gasteiger partial charge in [-0.25, -0.2) is 0 Å². The number of nitrogens with one attached hydrogen (secondary N) is 1. The number of amides is 1. The normalized spacial score (nSPS) is 10.3. The van der Waals surface area contributed by atoms with Gasteiger partial charge in [-0.05, 0) is 49.6 Å². The molecule has 0 aliphatic rings. The topological polar surface area (TPSA) is 55.1 Å². The lowest BCUT2D eigenvalue weighted by Gasteiger charge is -2.12. The molecule has 0 unspecified atom stereocenters. The molecule has 0 saturated carbocycles. The van der Waals surface area contributed by atoms with Gasteiger partial charge in [-0.15, -0.1) is 0 Å². The predicted molar refractivity (Wildman–Crippen MR) is 79.5 cm³/mol. The Hall–Kier alpha value is -2.29. The number of para-hydroxylation sites is 1. The fourth-order valence-corrected chi connectivity index (χ4v) is 1.95. The Morgan fingerprint density at radius 1 is 1.00 bits per heavy atom.